The minimum atomic E-state index is 0.0825. The van der Waals surface area contributed by atoms with Crippen LogP contribution in [0.15, 0.2) is 0 Å². The number of aromatic nitrogens is 3. The predicted octanol–water partition coefficient (Wildman–Crippen LogP) is 2.78. The normalized spacial score (nSPS) is 25.1. The molecule has 0 aliphatic carbocycles. The maximum absolute atomic E-state index is 5.82. The molecule has 22 heavy (non-hydrogen) atoms. The van der Waals surface area contributed by atoms with Crippen LogP contribution < -0.4 is 4.90 Å². The Labute approximate surface area is 133 Å². The van der Waals surface area contributed by atoms with Crippen molar-refractivity contribution in [1.29, 1.82) is 0 Å². The van der Waals surface area contributed by atoms with E-state index >= 15 is 0 Å². The molecule has 0 radical (unpaired) electrons. The van der Waals surface area contributed by atoms with Gasteiger partial charge >= 0.3 is 0 Å². The lowest BCUT2D eigenvalue weighted by atomic mass is 10.0. The summed E-state index contributed by atoms with van der Waals surface area (Å²) < 4.78 is 8.02. The van der Waals surface area contributed by atoms with Gasteiger partial charge in [0.1, 0.15) is 6.10 Å². The van der Waals surface area contributed by atoms with Crippen LogP contribution in [0.3, 0.4) is 0 Å². The topological polar surface area (TPSA) is 43.2 Å². The van der Waals surface area contributed by atoms with Crippen LogP contribution in [0, 0.1) is 18.3 Å². The van der Waals surface area contributed by atoms with Gasteiger partial charge in [0, 0.05) is 32.2 Å². The second kappa shape index (κ2) is 6.70. The van der Waals surface area contributed by atoms with Crippen LogP contribution in [-0.2, 0) is 11.3 Å². The van der Waals surface area contributed by atoms with E-state index < -0.39 is 0 Å². The largest absolute Gasteiger partial charge is 0.370 e. The third-order valence-electron chi connectivity index (χ3n) is 4.78. The Morgan fingerprint density at radius 3 is 2.86 bits per heavy atom. The summed E-state index contributed by atoms with van der Waals surface area (Å²) in [7, 11) is 0. The van der Waals surface area contributed by atoms with Crippen molar-refractivity contribution in [3.63, 3.8) is 0 Å². The van der Waals surface area contributed by atoms with Crippen molar-refractivity contribution in [3.8, 4) is 12.3 Å². The lowest BCUT2D eigenvalue weighted by Gasteiger charge is -2.29. The van der Waals surface area contributed by atoms with Gasteiger partial charge in [-0.25, -0.2) is 0 Å². The van der Waals surface area contributed by atoms with E-state index in [0.717, 1.165) is 44.3 Å². The lowest BCUT2D eigenvalue weighted by molar-refractivity contribution is 0.102. The van der Waals surface area contributed by atoms with Gasteiger partial charge in [-0.05, 0) is 31.6 Å². The summed E-state index contributed by atoms with van der Waals surface area (Å²) in [4.78, 5) is 2.42. The number of hydrogen-bond donors (Lipinski definition) is 0. The maximum Gasteiger partial charge on any atom is 0.227 e. The van der Waals surface area contributed by atoms with Crippen LogP contribution in [0.1, 0.15) is 57.9 Å². The summed E-state index contributed by atoms with van der Waals surface area (Å²) in [6, 6.07) is 0.547. The molecular formula is C17H26N4O. The second-order valence-electron chi connectivity index (χ2n) is 6.61. The molecule has 0 saturated carbocycles. The molecule has 2 aliphatic heterocycles. The van der Waals surface area contributed by atoms with Crippen molar-refractivity contribution in [2.45, 2.75) is 64.6 Å². The van der Waals surface area contributed by atoms with Gasteiger partial charge < -0.3 is 9.64 Å². The van der Waals surface area contributed by atoms with Crippen LogP contribution in [0.4, 0.5) is 5.95 Å². The molecule has 2 fully saturated rings. The van der Waals surface area contributed by atoms with E-state index in [-0.39, 0.29) is 6.10 Å². The van der Waals surface area contributed by atoms with Gasteiger partial charge in [-0.1, -0.05) is 13.8 Å². The first-order valence-electron chi connectivity index (χ1n) is 8.47. The van der Waals surface area contributed by atoms with Gasteiger partial charge in [-0.2, -0.15) is 0 Å². The fraction of sp³-hybridized carbons (Fsp3) is 0.765. The number of nitrogens with zero attached hydrogens (tertiary/aromatic N) is 4. The van der Waals surface area contributed by atoms with Gasteiger partial charge in [0.2, 0.25) is 5.95 Å². The number of terminal acetylenes is 1. The molecule has 0 N–H and O–H groups in total. The Balaban J connectivity index is 1.91. The molecule has 2 atom stereocenters. The van der Waals surface area contributed by atoms with E-state index in [4.69, 9.17) is 11.2 Å². The Morgan fingerprint density at radius 1 is 1.32 bits per heavy atom. The fourth-order valence-corrected chi connectivity index (χ4v) is 3.66. The highest BCUT2D eigenvalue weighted by molar-refractivity contribution is 5.35. The molecule has 3 heterocycles. The van der Waals surface area contributed by atoms with E-state index in [1.165, 1.54) is 12.8 Å². The summed E-state index contributed by atoms with van der Waals surface area (Å²) in [6.07, 6.45) is 10.8. The van der Waals surface area contributed by atoms with Crippen molar-refractivity contribution in [1.82, 2.24) is 14.8 Å². The minimum Gasteiger partial charge on any atom is -0.370 e. The highest BCUT2D eigenvalue weighted by Gasteiger charge is 2.33. The lowest BCUT2D eigenvalue weighted by Crippen LogP contribution is -2.35. The Morgan fingerprint density at radius 2 is 2.18 bits per heavy atom. The van der Waals surface area contributed by atoms with Crippen LogP contribution in [0.25, 0.3) is 0 Å². The van der Waals surface area contributed by atoms with Gasteiger partial charge in [-0.3, -0.25) is 4.57 Å². The summed E-state index contributed by atoms with van der Waals surface area (Å²) in [6.45, 7) is 7.22. The summed E-state index contributed by atoms with van der Waals surface area (Å²) in [5, 5.41) is 8.99. The second-order valence-corrected chi connectivity index (χ2v) is 6.61. The highest BCUT2D eigenvalue weighted by atomic mass is 16.5. The molecular weight excluding hydrogens is 276 g/mol. The number of ether oxygens (including phenoxy) is 1. The Bertz CT molecular complexity index is 539. The van der Waals surface area contributed by atoms with Crippen molar-refractivity contribution in [2.75, 3.05) is 18.1 Å². The van der Waals surface area contributed by atoms with Gasteiger partial charge in [0.25, 0.3) is 0 Å². The quantitative estimate of drug-likeness (QED) is 0.785. The van der Waals surface area contributed by atoms with Gasteiger partial charge in [0.15, 0.2) is 5.82 Å². The van der Waals surface area contributed by atoms with Crippen LogP contribution in [0.2, 0.25) is 0 Å². The zero-order valence-corrected chi connectivity index (χ0v) is 13.7. The zero-order valence-electron chi connectivity index (χ0n) is 13.7. The molecule has 5 nitrogen and oxygen atoms in total. The van der Waals surface area contributed by atoms with Crippen molar-refractivity contribution >= 4 is 5.95 Å². The smallest absolute Gasteiger partial charge is 0.227 e. The zero-order chi connectivity index (χ0) is 15.5. The minimum absolute atomic E-state index is 0.0825. The van der Waals surface area contributed by atoms with E-state index in [1.807, 2.05) is 0 Å². The average Bonchev–Trinajstić information content (AvgIpc) is 3.22. The number of hydrogen-bond acceptors (Lipinski definition) is 4. The van der Waals surface area contributed by atoms with Crippen molar-refractivity contribution in [2.24, 2.45) is 5.92 Å². The van der Waals surface area contributed by atoms with E-state index in [1.54, 1.807) is 0 Å². The SMILES string of the molecule is C#CCCn1c([C@H]2CCCO2)nnc1N1CCCC1C(C)C. The first-order chi connectivity index (χ1) is 10.7. The van der Waals surface area contributed by atoms with Gasteiger partial charge in [0.05, 0.1) is 0 Å². The molecule has 0 amide bonds. The summed E-state index contributed by atoms with van der Waals surface area (Å²) in [5.41, 5.74) is 0. The number of rotatable bonds is 5. The van der Waals surface area contributed by atoms with Crippen LogP contribution in [0.5, 0.6) is 0 Å². The van der Waals surface area contributed by atoms with Crippen LogP contribution in [-0.4, -0.2) is 34.0 Å². The molecule has 5 heteroatoms. The van der Waals surface area contributed by atoms with Crippen molar-refractivity contribution < 1.29 is 4.74 Å². The number of anilines is 1. The van der Waals surface area contributed by atoms with Crippen molar-refractivity contribution in [3.05, 3.63) is 5.82 Å². The third kappa shape index (κ3) is 2.85. The molecule has 1 aromatic rings. The van der Waals surface area contributed by atoms with Crippen LogP contribution >= 0.6 is 0 Å². The summed E-state index contributed by atoms with van der Waals surface area (Å²) >= 11 is 0. The maximum atomic E-state index is 5.82. The first kappa shape index (κ1) is 15.4. The molecule has 1 aromatic heterocycles. The standard InChI is InChI=1S/C17H26N4O/c1-4-5-10-21-16(15-9-7-12-22-15)18-19-17(21)20-11-6-8-14(20)13(2)3/h1,13-15H,5-12H2,2-3H3/t14?,15-/m1/s1. The molecule has 0 bridgehead atoms. The van der Waals surface area contributed by atoms with E-state index in [9.17, 15) is 0 Å². The van der Waals surface area contributed by atoms with E-state index in [2.05, 4.69) is 39.4 Å². The molecule has 3 rings (SSSR count). The summed E-state index contributed by atoms with van der Waals surface area (Å²) in [5.74, 6) is 5.30. The highest BCUT2D eigenvalue weighted by Crippen LogP contribution is 2.33. The average molecular weight is 302 g/mol. The molecule has 120 valence electrons. The molecule has 1 unspecified atom stereocenters. The first-order valence-corrected chi connectivity index (χ1v) is 8.47. The van der Waals surface area contributed by atoms with Gasteiger partial charge in [-0.15, -0.1) is 22.5 Å². The molecule has 0 spiro atoms. The fourth-order valence-electron chi connectivity index (χ4n) is 3.66. The van der Waals surface area contributed by atoms with E-state index in [0.29, 0.717) is 18.4 Å². The Hall–Kier alpha value is -1.54. The molecule has 2 saturated heterocycles. The predicted molar refractivity (Wildman–Crippen MR) is 86.6 cm³/mol. The third-order valence-corrected chi connectivity index (χ3v) is 4.78. The monoisotopic (exact) mass is 302 g/mol. The Kier molecular flexibility index (Phi) is 4.68. The molecule has 2 aliphatic rings. The molecule has 0 aromatic carbocycles.